The Kier molecular flexibility index (Phi) is 6.94. The van der Waals surface area contributed by atoms with E-state index in [0.29, 0.717) is 18.7 Å². The fraction of sp³-hybridized carbons (Fsp3) is 0.464. The molecule has 0 spiro atoms. The molecule has 2 unspecified atom stereocenters. The maximum absolute atomic E-state index is 14.4. The molecule has 1 saturated carbocycles. The number of para-hydroxylation sites is 1. The Bertz CT molecular complexity index is 1150. The molecule has 0 N–H and O–H groups in total. The molecule has 5 rings (SSSR count). The molecule has 2 aromatic carbocycles. The van der Waals surface area contributed by atoms with E-state index in [2.05, 4.69) is 0 Å². The number of rotatable bonds is 4. The summed E-state index contributed by atoms with van der Waals surface area (Å²) in [5.41, 5.74) is 1.84. The van der Waals surface area contributed by atoms with Gasteiger partial charge in [0.25, 0.3) is 11.8 Å². The highest BCUT2D eigenvalue weighted by Gasteiger charge is 2.48. The van der Waals surface area contributed by atoms with Gasteiger partial charge in [-0.05, 0) is 56.4 Å². The quantitative estimate of drug-likeness (QED) is 0.587. The van der Waals surface area contributed by atoms with E-state index in [9.17, 15) is 18.8 Å². The second-order valence-corrected chi connectivity index (χ2v) is 9.82. The minimum Gasteiger partial charge on any atom is -0.453 e. The molecular weight excluding hydrogens is 461 g/mol. The average molecular weight is 494 g/mol. The van der Waals surface area contributed by atoms with Gasteiger partial charge in [0.1, 0.15) is 17.9 Å². The first kappa shape index (κ1) is 24.3. The van der Waals surface area contributed by atoms with Crippen LogP contribution in [0.5, 0.6) is 0 Å². The Morgan fingerprint density at radius 2 is 1.72 bits per heavy atom. The van der Waals surface area contributed by atoms with Crippen molar-refractivity contribution in [1.29, 1.82) is 0 Å². The molecule has 3 amide bonds. The molecule has 0 radical (unpaired) electrons. The number of methoxy groups -OCH3 is 1. The van der Waals surface area contributed by atoms with Gasteiger partial charge in [-0.25, -0.2) is 9.18 Å². The lowest BCUT2D eigenvalue weighted by Gasteiger charge is -2.39. The normalized spacial score (nSPS) is 22.3. The summed E-state index contributed by atoms with van der Waals surface area (Å²) in [6.07, 6.45) is 6.52. The topological polar surface area (TPSA) is 70.2 Å². The molecule has 190 valence electrons. The fourth-order valence-electron chi connectivity index (χ4n) is 6.00. The van der Waals surface area contributed by atoms with Crippen LogP contribution in [0.2, 0.25) is 0 Å². The Balaban J connectivity index is 1.60. The molecule has 0 bridgehead atoms. The number of amides is 3. The zero-order chi connectivity index (χ0) is 25.2. The van der Waals surface area contributed by atoms with Crippen LogP contribution >= 0.6 is 0 Å². The van der Waals surface area contributed by atoms with Gasteiger partial charge in [0.05, 0.1) is 7.11 Å². The summed E-state index contributed by atoms with van der Waals surface area (Å²) in [5, 5.41) is 0. The number of hydrogen-bond donors (Lipinski definition) is 0. The summed E-state index contributed by atoms with van der Waals surface area (Å²) in [5.74, 6) is -1.08. The van der Waals surface area contributed by atoms with E-state index < -0.39 is 29.9 Å². The number of fused-ring (bicyclic) bond motifs is 1. The molecule has 2 fully saturated rings. The second-order valence-electron chi connectivity index (χ2n) is 9.82. The smallest absolute Gasteiger partial charge is 0.410 e. The minimum atomic E-state index is -0.932. The molecule has 1 aliphatic carbocycles. The van der Waals surface area contributed by atoms with E-state index >= 15 is 0 Å². The number of piperidine rings is 1. The van der Waals surface area contributed by atoms with Crippen LogP contribution in [0.15, 0.2) is 48.5 Å². The maximum Gasteiger partial charge on any atom is 0.410 e. The van der Waals surface area contributed by atoms with E-state index in [4.69, 9.17) is 4.74 Å². The summed E-state index contributed by atoms with van der Waals surface area (Å²) in [6, 6.07) is 11.7. The van der Waals surface area contributed by atoms with E-state index in [1.165, 1.54) is 35.1 Å². The zero-order valence-corrected chi connectivity index (χ0v) is 20.6. The number of carbonyl (C=O) groups excluding carboxylic acids is 3. The number of halogens is 1. The molecule has 7 nitrogen and oxygen atoms in total. The van der Waals surface area contributed by atoms with Crippen molar-refractivity contribution in [2.75, 3.05) is 23.5 Å². The van der Waals surface area contributed by atoms with Crippen LogP contribution in [0.1, 0.15) is 63.0 Å². The highest BCUT2D eigenvalue weighted by molar-refractivity contribution is 6.12. The standard InChI is InChI=1S/C28H32FN3O4/c1-36-28(35)30-17-8-7-16-24(30)26(33)32(21-13-9-10-19(29)18-21)25-22-14-5-6-15-23(22)31(27(25)34)20-11-3-2-4-12-20/h5-6,9-10,13-15,18,20,24-25H,2-4,7-8,11-12,16-17H2,1H3. The van der Waals surface area contributed by atoms with Gasteiger partial charge in [0, 0.05) is 29.5 Å². The third-order valence-electron chi connectivity index (χ3n) is 7.68. The molecule has 2 heterocycles. The van der Waals surface area contributed by atoms with Crippen molar-refractivity contribution >= 4 is 29.3 Å². The Labute approximate surface area is 210 Å². The van der Waals surface area contributed by atoms with Crippen molar-refractivity contribution in [2.24, 2.45) is 0 Å². The van der Waals surface area contributed by atoms with Gasteiger partial charge in [-0.2, -0.15) is 0 Å². The average Bonchev–Trinajstić information content (AvgIpc) is 3.20. The highest BCUT2D eigenvalue weighted by Crippen LogP contribution is 2.44. The fourth-order valence-corrected chi connectivity index (χ4v) is 6.00. The van der Waals surface area contributed by atoms with Crippen molar-refractivity contribution in [3.8, 4) is 0 Å². The summed E-state index contributed by atoms with van der Waals surface area (Å²) in [6.45, 7) is 0.392. The third kappa shape index (κ3) is 4.33. The number of anilines is 2. The van der Waals surface area contributed by atoms with Gasteiger partial charge in [-0.15, -0.1) is 0 Å². The van der Waals surface area contributed by atoms with Crippen molar-refractivity contribution in [1.82, 2.24) is 4.90 Å². The van der Waals surface area contributed by atoms with Gasteiger partial charge < -0.3 is 9.64 Å². The van der Waals surface area contributed by atoms with Gasteiger partial charge in [-0.1, -0.05) is 43.5 Å². The van der Waals surface area contributed by atoms with Crippen LogP contribution in [0, 0.1) is 5.82 Å². The molecule has 2 aromatic rings. The lowest BCUT2D eigenvalue weighted by molar-refractivity contribution is -0.128. The number of benzene rings is 2. The number of hydrogen-bond acceptors (Lipinski definition) is 4. The molecule has 2 aliphatic heterocycles. The SMILES string of the molecule is COC(=O)N1CCCCC1C(=O)N(c1cccc(F)c1)C1C(=O)N(C2CCCCC2)c2ccccc21. The second kappa shape index (κ2) is 10.3. The van der Waals surface area contributed by atoms with Crippen molar-refractivity contribution in [3.63, 3.8) is 0 Å². The summed E-state index contributed by atoms with van der Waals surface area (Å²) >= 11 is 0. The van der Waals surface area contributed by atoms with E-state index in [-0.39, 0.29) is 11.9 Å². The monoisotopic (exact) mass is 493 g/mol. The summed E-state index contributed by atoms with van der Waals surface area (Å²) in [4.78, 5) is 45.6. The Morgan fingerprint density at radius 3 is 2.47 bits per heavy atom. The first-order chi connectivity index (χ1) is 17.5. The van der Waals surface area contributed by atoms with E-state index in [0.717, 1.165) is 56.2 Å². The lowest BCUT2D eigenvalue weighted by atomic mass is 9.94. The number of likely N-dealkylation sites (tertiary alicyclic amines) is 1. The first-order valence-corrected chi connectivity index (χ1v) is 12.9. The molecule has 36 heavy (non-hydrogen) atoms. The molecule has 0 aromatic heterocycles. The van der Waals surface area contributed by atoms with Gasteiger partial charge >= 0.3 is 6.09 Å². The number of carbonyl (C=O) groups is 3. The van der Waals surface area contributed by atoms with E-state index in [1.807, 2.05) is 29.2 Å². The van der Waals surface area contributed by atoms with E-state index in [1.54, 1.807) is 6.07 Å². The lowest BCUT2D eigenvalue weighted by Crippen LogP contribution is -2.55. The van der Waals surface area contributed by atoms with Crippen molar-refractivity contribution in [3.05, 3.63) is 59.9 Å². The molecule has 2 atom stereocenters. The van der Waals surface area contributed by atoms with Crippen LogP contribution in [-0.2, 0) is 14.3 Å². The Hall–Kier alpha value is -3.42. The van der Waals surface area contributed by atoms with Crippen LogP contribution < -0.4 is 9.80 Å². The predicted octanol–water partition coefficient (Wildman–Crippen LogP) is 5.20. The van der Waals surface area contributed by atoms with Gasteiger partial charge in [0.2, 0.25) is 0 Å². The molecular formula is C28H32FN3O4. The summed E-state index contributed by atoms with van der Waals surface area (Å²) in [7, 11) is 1.29. The third-order valence-corrected chi connectivity index (χ3v) is 7.68. The molecule has 3 aliphatic rings. The van der Waals surface area contributed by atoms with Gasteiger partial charge in [0.15, 0.2) is 0 Å². The Morgan fingerprint density at radius 1 is 0.972 bits per heavy atom. The first-order valence-electron chi connectivity index (χ1n) is 12.9. The van der Waals surface area contributed by atoms with Crippen molar-refractivity contribution in [2.45, 2.75) is 69.5 Å². The zero-order valence-electron chi connectivity index (χ0n) is 20.6. The van der Waals surface area contributed by atoms with Crippen LogP contribution in [-0.4, -0.2) is 48.5 Å². The van der Waals surface area contributed by atoms with Gasteiger partial charge in [-0.3, -0.25) is 19.4 Å². The maximum atomic E-state index is 14.4. The van der Waals surface area contributed by atoms with Crippen LogP contribution in [0.3, 0.4) is 0 Å². The predicted molar refractivity (Wildman–Crippen MR) is 134 cm³/mol. The summed E-state index contributed by atoms with van der Waals surface area (Å²) < 4.78 is 19.4. The number of nitrogens with zero attached hydrogens (tertiary/aromatic N) is 3. The molecule has 1 saturated heterocycles. The van der Waals surface area contributed by atoms with Crippen molar-refractivity contribution < 1.29 is 23.5 Å². The van der Waals surface area contributed by atoms with Crippen LogP contribution in [0.4, 0.5) is 20.6 Å². The number of ether oxygens (including phenoxy) is 1. The largest absolute Gasteiger partial charge is 0.453 e. The minimum absolute atomic E-state index is 0.0723. The van der Waals surface area contributed by atoms with Crippen LogP contribution in [0.25, 0.3) is 0 Å². The highest BCUT2D eigenvalue weighted by atomic mass is 19.1. The molecule has 8 heteroatoms.